The first kappa shape index (κ1) is 19.2. The normalized spacial score (nSPS) is 16.3. The summed E-state index contributed by atoms with van der Waals surface area (Å²) in [7, 11) is 3.60. The van der Waals surface area contributed by atoms with Gasteiger partial charge in [0.1, 0.15) is 5.75 Å². The van der Waals surface area contributed by atoms with Crippen molar-refractivity contribution in [2.45, 2.75) is 26.8 Å². The van der Waals surface area contributed by atoms with Gasteiger partial charge >= 0.3 is 0 Å². The van der Waals surface area contributed by atoms with Gasteiger partial charge in [-0.25, -0.2) is 0 Å². The number of ether oxygens (including phenoxy) is 1. The second-order valence-electron chi connectivity index (χ2n) is 7.20. The summed E-state index contributed by atoms with van der Waals surface area (Å²) in [6.07, 6.45) is 0. The van der Waals surface area contributed by atoms with Gasteiger partial charge in [-0.1, -0.05) is 12.1 Å². The minimum absolute atomic E-state index is 0.0509. The van der Waals surface area contributed by atoms with E-state index in [1.165, 1.54) is 4.90 Å². The third-order valence-corrected chi connectivity index (χ3v) is 5.59. The van der Waals surface area contributed by atoms with Crippen LogP contribution in [0.15, 0.2) is 24.3 Å². The molecule has 1 atom stereocenters. The molecule has 0 saturated carbocycles. The van der Waals surface area contributed by atoms with Crippen molar-refractivity contribution in [3.8, 4) is 5.75 Å². The van der Waals surface area contributed by atoms with Gasteiger partial charge < -0.3 is 19.9 Å². The highest BCUT2D eigenvalue weighted by atomic mass is 16.5. The van der Waals surface area contributed by atoms with E-state index in [4.69, 9.17) is 4.74 Å². The van der Waals surface area contributed by atoms with Crippen LogP contribution in [0.25, 0.3) is 0 Å². The first-order chi connectivity index (χ1) is 12.9. The number of para-hydroxylation sites is 2. The molecule has 0 aliphatic carbocycles. The number of rotatable bonds is 5. The molecule has 1 fully saturated rings. The van der Waals surface area contributed by atoms with Crippen LogP contribution in [0.2, 0.25) is 0 Å². The van der Waals surface area contributed by atoms with Gasteiger partial charge in [0.25, 0.3) is 5.91 Å². The number of methoxy groups -OCH3 is 1. The third-order valence-electron chi connectivity index (χ3n) is 5.59. The first-order valence-corrected chi connectivity index (χ1v) is 9.46. The van der Waals surface area contributed by atoms with Gasteiger partial charge in [-0.2, -0.15) is 5.10 Å². The van der Waals surface area contributed by atoms with E-state index in [-0.39, 0.29) is 11.9 Å². The number of quaternary nitrogens is 1. The lowest BCUT2D eigenvalue weighted by atomic mass is 10.2. The highest BCUT2D eigenvalue weighted by Crippen LogP contribution is 2.27. The number of benzene rings is 1. The Morgan fingerprint density at radius 3 is 2.52 bits per heavy atom. The molecule has 0 spiro atoms. The molecule has 27 heavy (non-hydrogen) atoms. The molecule has 0 radical (unpaired) electrons. The molecule has 0 bridgehead atoms. The minimum atomic E-state index is -0.108. The molecule has 0 unspecified atom stereocenters. The average molecular weight is 372 g/mol. The molecular formula is C20H30N5O2+. The van der Waals surface area contributed by atoms with Crippen molar-refractivity contribution in [2.75, 3.05) is 43.5 Å². The summed E-state index contributed by atoms with van der Waals surface area (Å²) in [5, 5.41) is 7.45. The molecule has 1 aromatic heterocycles. The van der Waals surface area contributed by atoms with Gasteiger partial charge in [-0.15, -0.1) is 0 Å². The monoisotopic (exact) mass is 372 g/mol. The topological polar surface area (TPSA) is 63.8 Å². The lowest BCUT2D eigenvalue weighted by Crippen LogP contribution is -3.19. The summed E-state index contributed by atoms with van der Waals surface area (Å²) >= 11 is 0. The van der Waals surface area contributed by atoms with Crippen molar-refractivity contribution < 1.29 is 14.4 Å². The predicted octanol–water partition coefficient (Wildman–Crippen LogP) is 0.778. The van der Waals surface area contributed by atoms with Crippen molar-refractivity contribution in [2.24, 2.45) is 7.05 Å². The zero-order chi connectivity index (χ0) is 19.6. The van der Waals surface area contributed by atoms with Crippen LogP contribution in [0.4, 0.5) is 11.4 Å². The zero-order valence-corrected chi connectivity index (χ0v) is 16.9. The molecular weight excluding hydrogens is 342 g/mol. The van der Waals surface area contributed by atoms with E-state index in [1.54, 1.807) is 11.8 Å². The molecule has 7 heteroatoms. The van der Waals surface area contributed by atoms with E-state index in [0.717, 1.165) is 54.7 Å². The second kappa shape index (κ2) is 8.00. The Hall–Kier alpha value is -2.54. The maximum atomic E-state index is 12.8. The quantitative estimate of drug-likeness (QED) is 0.814. The van der Waals surface area contributed by atoms with E-state index in [0.29, 0.717) is 0 Å². The number of aryl methyl sites for hydroxylation is 2. The fraction of sp³-hybridized carbons (Fsp3) is 0.500. The molecule has 2 aromatic rings. The Bertz CT molecular complexity index is 809. The molecule has 1 aliphatic heterocycles. The number of nitrogens with one attached hydrogen (secondary N) is 2. The number of aromatic nitrogens is 2. The van der Waals surface area contributed by atoms with Crippen molar-refractivity contribution in [1.29, 1.82) is 0 Å². The van der Waals surface area contributed by atoms with Gasteiger partial charge in [0.2, 0.25) is 0 Å². The van der Waals surface area contributed by atoms with Gasteiger partial charge in [-0.3, -0.25) is 9.48 Å². The number of amides is 1. The Kier molecular flexibility index (Phi) is 5.70. The van der Waals surface area contributed by atoms with Crippen LogP contribution in [0.1, 0.15) is 18.3 Å². The third kappa shape index (κ3) is 3.93. The summed E-state index contributed by atoms with van der Waals surface area (Å²) in [4.78, 5) is 16.4. The van der Waals surface area contributed by atoms with E-state index in [9.17, 15) is 4.79 Å². The van der Waals surface area contributed by atoms with Crippen molar-refractivity contribution >= 4 is 17.3 Å². The zero-order valence-electron chi connectivity index (χ0n) is 16.9. The Balaban J connectivity index is 1.61. The predicted molar refractivity (Wildman–Crippen MR) is 107 cm³/mol. The SMILES string of the molecule is COc1ccccc1N1CC[NH+]([C@@H](C)C(=O)Nc2c(C)nn(C)c2C)CC1. The van der Waals surface area contributed by atoms with Crippen LogP contribution in [-0.2, 0) is 11.8 Å². The molecule has 2 heterocycles. The number of hydrogen-bond acceptors (Lipinski definition) is 4. The summed E-state index contributed by atoms with van der Waals surface area (Å²) in [6, 6.07) is 7.99. The highest BCUT2D eigenvalue weighted by Gasteiger charge is 2.30. The van der Waals surface area contributed by atoms with Gasteiger partial charge in [-0.05, 0) is 32.9 Å². The van der Waals surface area contributed by atoms with E-state index in [2.05, 4.69) is 21.4 Å². The van der Waals surface area contributed by atoms with Crippen molar-refractivity contribution in [3.63, 3.8) is 0 Å². The van der Waals surface area contributed by atoms with Crippen LogP contribution in [0.3, 0.4) is 0 Å². The van der Waals surface area contributed by atoms with Crippen LogP contribution >= 0.6 is 0 Å². The molecule has 1 saturated heterocycles. The largest absolute Gasteiger partial charge is 0.495 e. The lowest BCUT2D eigenvalue weighted by molar-refractivity contribution is -0.914. The van der Waals surface area contributed by atoms with E-state index >= 15 is 0 Å². The standard InChI is InChI=1S/C20H29N5O2/c1-14-19(15(2)23(4)22-14)21-20(26)16(3)24-10-12-25(13-11-24)17-8-6-7-9-18(17)27-5/h6-9,16H,10-13H2,1-5H3,(H,21,26)/p+1/t16-/m0/s1. The minimum Gasteiger partial charge on any atom is -0.495 e. The Morgan fingerprint density at radius 1 is 1.26 bits per heavy atom. The maximum absolute atomic E-state index is 12.8. The first-order valence-electron chi connectivity index (χ1n) is 9.46. The molecule has 2 N–H and O–H groups in total. The molecule has 7 nitrogen and oxygen atoms in total. The van der Waals surface area contributed by atoms with Crippen LogP contribution in [0.5, 0.6) is 5.75 Å². The fourth-order valence-corrected chi connectivity index (χ4v) is 3.73. The summed E-state index contributed by atoms with van der Waals surface area (Å²) < 4.78 is 7.28. The molecule has 146 valence electrons. The van der Waals surface area contributed by atoms with Crippen molar-refractivity contribution in [1.82, 2.24) is 9.78 Å². The van der Waals surface area contributed by atoms with Crippen LogP contribution in [0, 0.1) is 13.8 Å². The second-order valence-corrected chi connectivity index (χ2v) is 7.20. The van der Waals surface area contributed by atoms with Crippen LogP contribution in [-0.4, -0.2) is 55.0 Å². The lowest BCUT2D eigenvalue weighted by Gasteiger charge is -2.36. The summed E-state index contributed by atoms with van der Waals surface area (Å²) in [6.45, 7) is 9.53. The highest BCUT2D eigenvalue weighted by molar-refractivity contribution is 5.94. The summed E-state index contributed by atoms with van der Waals surface area (Å²) in [5.74, 6) is 0.948. The number of carbonyl (C=O) groups excluding carboxylic acids is 1. The fourth-order valence-electron chi connectivity index (χ4n) is 3.73. The number of piperazine rings is 1. The van der Waals surface area contributed by atoms with Crippen LogP contribution < -0.4 is 19.9 Å². The number of nitrogens with zero attached hydrogens (tertiary/aromatic N) is 3. The molecule has 1 aromatic carbocycles. The molecule has 3 rings (SSSR count). The summed E-state index contributed by atoms with van der Waals surface area (Å²) in [5.41, 5.74) is 3.79. The average Bonchev–Trinajstić information content (AvgIpc) is 2.93. The van der Waals surface area contributed by atoms with E-state index < -0.39 is 0 Å². The number of anilines is 2. The van der Waals surface area contributed by atoms with E-state index in [1.807, 2.05) is 46.0 Å². The smallest absolute Gasteiger partial charge is 0.282 e. The molecule has 1 aliphatic rings. The number of carbonyl (C=O) groups is 1. The van der Waals surface area contributed by atoms with Gasteiger partial charge in [0.05, 0.1) is 56.1 Å². The van der Waals surface area contributed by atoms with Crippen molar-refractivity contribution in [3.05, 3.63) is 35.7 Å². The van der Waals surface area contributed by atoms with Gasteiger partial charge in [0, 0.05) is 7.05 Å². The van der Waals surface area contributed by atoms with Gasteiger partial charge in [0.15, 0.2) is 6.04 Å². The Morgan fingerprint density at radius 2 is 1.93 bits per heavy atom. The Labute approximate surface area is 160 Å². The maximum Gasteiger partial charge on any atom is 0.282 e. The number of hydrogen-bond donors (Lipinski definition) is 2. The molecule has 1 amide bonds.